The zero-order chi connectivity index (χ0) is 7.68. The molecule has 2 rings (SSSR count). The summed E-state index contributed by atoms with van der Waals surface area (Å²) < 4.78 is 4.99. The standard InChI is InChI=1S/C9H7O2/c10-9-6-5-7-3-1-2-4-8(7)11-9/h1-6,9H. The van der Waals surface area contributed by atoms with Crippen molar-refractivity contribution < 1.29 is 9.84 Å². The normalized spacial score (nSPS) is 20.6. The van der Waals surface area contributed by atoms with Crippen molar-refractivity contribution in [2.45, 2.75) is 6.29 Å². The monoisotopic (exact) mass is 147 g/mol. The molecule has 0 fully saturated rings. The average Bonchev–Trinajstić information content (AvgIpc) is 2.04. The molecule has 1 aliphatic heterocycles. The Morgan fingerprint density at radius 1 is 1.27 bits per heavy atom. The van der Waals surface area contributed by atoms with Crippen molar-refractivity contribution in [2.75, 3.05) is 0 Å². The predicted octanol–water partition coefficient (Wildman–Crippen LogP) is 1.85. The molecule has 1 aromatic rings. The number of benzene rings is 1. The summed E-state index contributed by atoms with van der Waals surface area (Å²) in [4.78, 5) is 0. The van der Waals surface area contributed by atoms with E-state index in [4.69, 9.17) is 4.74 Å². The molecule has 1 unspecified atom stereocenters. The molecule has 2 nitrogen and oxygen atoms in total. The van der Waals surface area contributed by atoms with Crippen molar-refractivity contribution >= 4 is 6.08 Å². The summed E-state index contributed by atoms with van der Waals surface area (Å²) in [7, 11) is 0. The highest BCUT2D eigenvalue weighted by Gasteiger charge is 2.10. The second kappa shape index (κ2) is 2.40. The van der Waals surface area contributed by atoms with Crippen LogP contribution < -0.4 is 4.74 Å². The van der Waals surface area contributed by atoms with Crippen LogP contribution in [0.1, 0.15) is 5.56 Å². The smallest absolute Gasteiger partial charge is 0.250 e. The Morgan fingerprint density at radius 3 is 3.00 bits per heavy atom. The summed E-state index contributed by atoms with van der Waals surface area (Å²) >= 11 is 0. The number of rotatable bonds is 0. The lowest BCUT2D eigenvalue weighted by Gasteiger charge is -2.14. The van der Waals surface area contributed by atoms with Crippen LogP contribution in [0.25, 0.3) is 6.08 Å². The molecular formula is C9H7O2. The van der Waals surface area contributed by atoms with E-state index in [1.54, 1.807) is 12.1 Å². The Bertz CT molecular complexity index is 291. The number of hydrogen-bond acceptors (Lipinski definition) is 1. The summed E-state index contributed by atoms with van der Waals surface area (Å²) in [6.07, 6.45) is 2.25. The van der Waals surface area contributed by atoms with E-state index in [9.17, 15) is 5.11 Å². The van der Waals surface area contributed by atoms with Gasteiger partial charge in [0.1, 0.15) is 5.75 Å². The van der Waals surface area contributed by atoms with Crippen LogP contribution in [0.3, 0.4) is 0 Å². The zero-order valence-corrected chi connectivity index (χ0v) is 5.86. The first-order valence-electron chi connectivity index (χ1n) is 3.46. The van der Waals surface area contributed by atoms with E-state index in [-0.39, 0.29) is 0 Å². The predicted molar refractivity (Wildman–Crippen MR) is 40.6 cm³/mol. The van der Waals surface area contributed by atoms with Gasteiger partial charge in [-0.15, -0.1) is 0 Å². The van der Waals surface area contributed by atoms with E-state index >= 15 is 0 Å². The molecule has 2 heteroatoms. The fourth-order valence-electron chi connectivity index (χ4n) is 1.07. The maximum Gasteiger partial charge on any atom is 0.250 e. The highest BCUT2D eigenvalue weighted by Crippen LogP contribution is 2.24. The van der Waals surface area contributed by atoms with Gasteiger partial charge in [0.2, 0.25) is 0 Å². The van der Waals surface area contributed by atoms with E-state index in [2.05, 4.69) is 0 Å². The van der Waals surface area contributed by atoms with Gasteiger partial charge < -0.3 is 4.74 Å². The first kappa shape index (κ1) is 6.43. The molecule has 0 saturated carbocycles. The van der Waals surface area contributed by atoms with Gasteiger partial charge in [0.15, 0.2) is 0 Å². The van der Waals surface area contributed by atoms with Crippen LogP contribution in [-0.2, 0) is 5.11 Å². The minimum Gasteiger partial charge on any atom is -0.458 e. The Labute approximate surface area is 64.7 Å². The molecular weight excluding hydrogens is 140 g/mol. The molecule has 0 aromatic heterocycles. The van der Waals surface area contributed by atoms with Crippen LogP contribution in [0.5, 0.6) is 5.75 Å². The van der Waals surface area contributed by atoms with E-state index < -0.39 is 6.29 Å². The van der Waals surface area contributed by atoms with Crippen LogP contribution in [0.2, 0.25) is 0 Å². The molecule has 1 aromatic carbocycles. The van der Waals surface area contributed by atoms with Crippen LogP contribution in [0.15, 0.2) is 30.3 Å². The SMILES string of the molecule is [O]C1C=Cc2ccccc2O1. The third kappa shape index (κ3) is 1.12. The number of para-hydroxylation sites is 1. The van der Waals surface area contributed by atoms with Gasteiger partial charge in [-0.3, -0.25) is 0 Å². The molecule has 11 heavy (non-hydrogen) atoms. The molecule has 1 atom stereocenters. The average molecular weight is 147 g/mol. The third-order valence-electron chi connectivity index (χ3n) is 1.60. The maximum absolute atomic E-state index is 10.8. The van der Waals surface area contributed by atoms with E-state index in [0.29, 0.717) is 5.75 Å². The van der Waals surface area contributed by atoms with Crippen LogP contribution in [0, 0.1) is 0 Å². The van der Waals surface area contributed by atoms with Gasteiger partial charge in [0, 0.05) is 5.56 Å². The largest absolute Gasteiger partial charge is 0.458 e. The van der Waals surface area contributed by atoms with Crippen molar-refractivity contribution in [3.05, 3.63) is 35.9 Å². The van der Waals surface area contributed by atoms with Gasteiger partial charge in [0.25, 0.3) is 6.29 Å². The molecule has 1 aliphatic rings. The molecule has 1 heterocycles. The third-order valence-corrected chi connectivity index (χ3v) is 1.60. The molecule has 0 spiro atoms. The topological polar surface area (TPSA) is 29.1 Å². The summed E-state index contributed by atoms with van der Waals surface area (Å²) in [5, 5.41) is 10.8. The minimum atomic E-state index is -1.04. The number of hydrogen-bond donors (Lipinski definition) is 0. The molecule has 0 bridgehead atoms. The Kier molecular flexibility index (Phi) is 1.40. The fraction of sp³-hybridized carbons (Fsp3) is 0.111. The lowest BCUT2D eigenvalue weighted by molar-refractivity contribution is -0.0334. The fourth-order valence-corrected chi connectivity index (χ4v) is 1.07. The highest BCUT2D eigenvalue weighted by atomic mass is 16.6. The minimum absolute atomic E-state index is 0.676. The van der Waals surface area contributed by atoms with Crippen molar-refractivity contribution in [3.63, 3.8) is 0 Å². The van der Waals surface area contributed by atoms with Crippen molar-refractivity contribution in [1.29, 1.82) is 0 Å². The van der Waals surface area contributed by atoms with Crippen LogP contribution >= 0.6 is 0 Å². The first-order chi connectivity index (χ1) is 5.36. The van der Waals surface area contributed by atoms with Gasteiger partial charge in [-0.1, -0.05) is 18.2 Å². The summed E-state index contributed by atoms with van der Waals surface area (Å²) in [5.74, 6) is 0.676. The molecule has 1 radical (unpaired) electrons. The van der Waals surface area contributed by atoms with Crippen molar-refractivity contribution in [1.82, 2.24) is 0 Å². The van der Waals surface area contributed by atoms with Gasteiger partial charge in [-0.05, 0) is 18.2 Å². The van der Waals surface area contributed by atoms with Crippen molar-refractivity contribution in [2.24, 2.45) is 0 Å². The molecule has 0 N–H and O–H groups in total. The lowest BCUT2D eigenvalue weighted by Crippen LogP contribution is -2.13. The molecule has 0 amide bonds. The van der Waals surface area contributed by atoms with Crippen LogP contribution in [0.4, 0.5) is 0 Å². The van der Waals surface area contributed by atoms with E-state index in [0.717, 1.165) is 5.56 Å². The van der Waals surface area contributed by atoms with Gasteiger partial charge >= 0.3 is 0 Å². The Balaban J connectivity index is 2.46. The zero-order valence-electron chi connectivity index (χ0n) is 5.86. The summed E-state index contributed by atoms with van der Waals surface area (Å²) in [6, 6.07) is 7.48. The van der Waals surface area contributed by atoms with Crippen molar-refractivity contribution in [3.8, 4) is 5.75 Å². The summed E-state index contributed by atoms with van der Waals surface area (Å²) in [6.45, 7) is 0. The van der Waals surface area contributed by atoms with E-state index in [1.165, 1.54) is 6.08 Å². The van der Waals surface area contributed by atoms with Gasteiger partial charge in [0.05, 0.1) is 0 Å². The highest BCUT2D eigenvalue weighted by molar-refractivity contribution is 5.59. The second-order valence-corrected chi connectivity index (χ2v) is 2.38. The maximum atomic E-state index is 10.8. The first-order valence-corrected chi connectivity index (χ1v) is 3.46. The van der Waals surface area contributed by atoms with Gasteiger partial charge in [-0.2, -0.15) is 5.11 Å². The number of ether oxygens (including phenoxy) is 1. The quantitative estimate of drug-likeness (QED) is 0.550. The number of fused-ring (bicyclic) bond motifs is 1. The van der Waals surface area contributed by atoms with E-state index in [1.807, 2.05) is 18.2 Å². The molecule has 0 aliphatic carbocycles. The molecule has 55 valence electrons. The molecule has 0 saturated heterocycles. The Hall–Kier alpha value is -1.28. The Morgan fingerprint density at radius 2 is 2.09 bits per heavy atom. The van der Waals surface area contributed by atoms with Crippen LogP contribution in [-0.4, -0.2) is 6.29 Å². The second-order valence-electron chi connectivity index (χ2n) is 2.38. The summed E-state index contributed by atoms with van der Waals surface area (Å²) in [5.41, 5.74) is 0.972. The lowest BCUT2D eigenvalue weighted by atomic mass is 10.1. The van der Waals surface area contributed by atoms with Gasteiger partial charge in [-0.25, -0.2) is 0 Å².